The molecule has 0 saturated heterocycles. The summed E-state index contributed by atoms with van der Waals surface area (Å²) in [6.07, 6.45) is 64.5. The summed E-state index contributed by atoms with van der Waals surface area (Å²) in [5, 5.41) is 0. The summed E-state index contributed by atoms with van der Waals surface area (Å²) in [5.74, 6) is -0.395. The van der Waals surface area contributed by atoms with Gasteiger partial charge in [-0.2, -0.15) is 0 Å². The number of hydrogen-bond acceptors (Lipinski definition) is 5. The smallest absolute Gasteiger partial charge is 0.306 e. The Kier molecular flexibility index (Phi) is 51.8. The van der Waals surface area contributed by atoms with Crippen LogP contribution >= 0.6 is 0 Å². The summed E-state index contributed by atoms with van der Waals surface area (Å²) in [5.41, 5.74) is 0. The molecule has 1 unspecified atom stereocenters. The van der Waals surface area contributed by atoms with Gasteiger partial charge in [0.2, 0.25) is 0 Å². The zero-order chi connectivity index (χ0) is 44.9. The van der Waals surface area contributed by atoms with Crippen LogP contribution in [0.3, 0.4) is 0 Å². The fraction of sp³-hybridized carbons (Fsp3) is 0.860. The molecule has 1 atom stereocenters. The predicted octanol–water partition coefficient (Wildman–Crippen LogP) is 18.6. The maximum atomic E-state index is 12.7. The van der Waals surface area contributed by atoms with Crippen molar-refractivity contribution in [1.82, 2.24) is 0 Å². The first-order valence-corrected chi connectivity index (χ1v) is 27.5. The van der Waals surface area contributed by atoms with Gasteiger partial charge in [-0.3, -0.25) is 9.59 Å². The van der Waals surface area contributed by atoms with E-state index in [1.54, 1.807) is 0 Å². The molecule has 0 fully saturated rings. The molecule has 0 aromatic carbocycles. The molecule has 0 aliphatic carbocycles. The van der Waals surface area contributed by atoms with Gasteiger partial charge in [-0.1, -0.05) is 263 Å². The second-order valence-corrected chi connectivity index (χ2v) is 18.5. The number of carbonyl (C=O) groups excluding carboxylic acids is 2. The molecule has 0 heterocycles. The van der Waals surface area contributed by atoms with E-state index in [1.165, 1.54) is 193 Å². The van der Waals surface area contributed by atoms with Gasteiger partial charge in [-0.25, -0.2) is 0 Å². The van der Waals surface area contributed by atoms with Crippen LogP contribution in [0.1, 0.15) is 290 Å². The van der Waals surface area contributed by atoms with Crippen molar-refractivity contribution >= 4 is 11.9 Å². The molecule has 364 valence electrons. The lowest BCUT2D eigenvalue weighted by Crippen LogP contribution is -2.30. The van der Waals surface area contributed by atoms with E-state index >= 15 is 0 Å². The Labute approximate surface area is 387 Å². The van der Waals surface area contributed by atoms with E-state index in [-0.39, 0.29) is 18.5 Å². The molecule has 0 aromatic rings. The zero-order valence-corrected chi connectivity index (χ0v) is 41.9. The number of allylic oxidation sites excluding steroid dienone is 6. The van der Waals surface area contributed by atoms with Crippen molar-refractivity contribution in [2.75, 3.05) is 19.8 Å². The van der Waals surface area contributed by atoms with Crippen LogP contribution in [0.5, 0.6) is 0 Å². The summed E-state index contributed by atoms with van der Waals surface area (Å²) in [4.78, 5) is 25.4. The van der Waals surface area contributed by atoms with Crippen molar-refractivity contribution in [3.05, 3.63) is 36.5 Å². The Morgan fingerprint density at radius 3 is 1.16 bits per heavy atom. The van der Waals surface area contributed by atoms with Crippen LogP contribution in [0.2, 0.25) is 0 Å². The lowest BCUT2D eigenvalue weighted by Gasteiger charge is -2.18. The fourth-order valence-corrected chi connectivity index (χ4v) is 8.12. The van der Waals surface area contributed by atoms with Gasteiger partial charge in [0.05, 0.1) is 6.61 Å². The Balaban J connectivity index is 4.12. The van der Waals surface area contributed by atoms with Gasteiger partial charge in [0.25, 0.3) is 0 Å². The molecule has 0 aromatic heterocycles. The van der Waals surface area contributed by atoms with Gasteiger partial charge >= 0.3 is 11.9 Å². The third-order valence-electron chi connectivity index (χ3n) is 12.2. The summed E-state index contributed by atoms with van der Waals surface area (Å²) in [6.45, 7) is 7.75. The Morgan fingerprint density at radius 2 is 0.726 bits per heavy atom. The first kappa shape index (κ1) is 60.1. The highest BCUT2D eigenvalue weighted by Gasteiger charge is 2.17. The number of unbranched alkanes of at least 4 members (excludes halogenated alkanes) is 34. The molecule has 0 rings (SSSR count). The minimum absolute atomic E-state index is 0.0859. The minimum atomic E-state index is -0.533. The maximum Gasteiger partial charge on any atom is 0.306 e. The van der Waals surface area contributed by atoms with Gasteiger partial charge in [0.15, 0.2) is 6.10 Å². The molecule has 0 amide bonds. The molecule has 5 nitrogen and oxygen atoms in total. The number of ether oxygens (including phenoxy) is 3. The van der Waals surface area contributed by atoms with E-state index in [1.807, 2.05) is 0 Å². The molecule has 0 radical (unpaired) electrons. The van der Waals surface area contributed by atoms with Crippen molar-refractivity contribution in [1.29, 1.82) is 0 Å². The minimum Gasteiger partial charge on any atom is -0.462 e. The van der Waals surface area contributed by atoms with Crippen LogP contribution in [0.15, 0.2) is 36.5 Å². The van der Waals surface area contributed by atoms with E-state index in [2.05, 4.69) is 57.2 Å². The lowest BCUT2D eigenvalue weighted by atomic mass is 10.0. The molecule has 0 aliphatic heterocycles. The van der Waals surface area contributed by atoms with Crippen molar-refractivity contribution in [2.45, 2.75) is 297 Å². The first-order valence-electron chi connectivity index (χ1n) is 27.5. The van der Waals surface area contributed by atoms with E-state index in [0.717, 1.165) is 64.2 Å². The van der Waals surface area contributed by atoms with Gasteiger partial charge < -0.3 is 14.2 Å². The average Bonchev–Trinajstić information content (AvgIpc) is 3.27. The second-order valence-electron chi connectivity index (χ2n) is 18.5. The Hall–Kier alpha value is -1.88. The van der Waals surface area contributed by atoms with Gasteiger partial charge in [0, 0.05) is 19.4 Å². The molecular weight excluding hydrogens is 765 g/mol. The average molecular weight is 871 g/mol. The topological polar surface area (TPSA) is 61.8 Å². The van der Waals surface area contributed by atoms with Gasteiger partial charge in [-0.15, -0.1) is 0 Å². The van der Waals surface area contributed by atoms with Gasteiger partial charge in [-0.05, 0) is 51.4 Å². The molecule has 0 aliphatic rings. The van der Waals surface area contributed by atoms with Crippen molar-refractivity contribution in [2.24, 2.45) is 0 Å². The fourth-order valence-electron chi connectivity index (χ4n) is 8.12. The van der Waals surface area contributed by atoms with Crippen LogP contribution < -0.4 is 0 Å². The highest BCUT2D eigenvalue weighted by atomic mass is 16.6. The SMILES string of the molecule is CC/C=C\C/C=C\C/C=C\CCCCCCCCCC(=O)OCC(COCCCCCCCCCCCCCCCCCCCCCC)OC(=O)CCCCCCCCCCC. The number of esters is 2. The van der Waals surface area contributed by atoms with Crippen LogP contribution in [0.4, 0.5) is 0 Å². The lowest BCUT2D eigenvalue weighted by molar-refractivity contribution is -0.163. The normalized spacial score (nSPS) is 12.4. The van der Waals surface area contributed by atoms with E-state index in [4.69, 9.17) is 14.2 Å². The largest absolute Gasteiger partial charge is 0.462 e. The monoisotopic (exact) mass is 871 g/mol. The quantitative estimate of drug-likeness (QED) is 0.0346. The van der Waals surface area contributed by atoms with E-state index < -0.39 is 6.10 Å². The van der Waals surface area contributed by atoms with Crippen LogP contribution in [-0.2, 0) is 23.8 Å². The third-order valence-corrected chi connectivity index (χ3v) is 12.2. The van der Waals surface area contributed by atoms with Crippen molar-refractivity contribution < 1.29 is 23.8 Å². The van der Waals surface area contributed by atoms with Gasteiger partial charge in [0.1, 0.15) is 6.61 Å². The predicted molar refractivity (Wildman–Crippen MR) is 270 cm³/mol. The molecule has 0 spiro atoms. The van der Waals surface area contributed by atoms with Crippen LogP contribution in [-0.4, -0.2) is 37.9 Å². The Bertz CT molecular complexity index is 986. The highest BCUT2D eigenvalue weighted by Crippen LogP contribution is 2.16. The second kappa shape index (κ2) is 53.5. The molecule has 5 heteroatoms. The molecule has 0 N–H and O–H groups in total. The summed E-state index contributed by atoms with van der Waals surface area (Å²) < 4.78 is 17.4. The number of hydrogen-bond donors (Lipinski definition) is 0. The zero-order valence-electron chi connectivity index (χ0n) is 41.9. The third kappa shape index (κ3) is 50.8. The number of rotatable bonds is 51. The highest BCUT2D eigenvalue weighted by molar-refractivity contribution is 5.70. The summed E-state index contributed by atoms with van der Waals surface area (Å²) in [6, 6.07) is 0. The molecule has 62 heavy (non-hydrogen) atoms. The van der Waals surface area contributed by atoms with Crippen molar-refractivity contribution in [3.8, 4) is 0 Å². The van der Waals surface area contributed by atoms with Crippen LogP contribution in [0.25, 0.3) is 0 Å². The summed E-state index contributed by atoms with van der Waals surface area (Å²) in [7, 11) is 0. The first-order chi connectivity index (χ1) is 30.6. The Morgan fingerprint density at radius 1 is 0.371 bits per heavy atom. The van der Waals surface area contributed by atoms with Crippen LogP contribution in [0, 0.1) is 0 Å². The summed E-state index contributed by atoms with van der Waals surface area (Å²) >= 11 is 0. The maximum absolute atomic E-state index is 12.7. The van der Waals surface area contributed by atoms with Crippen molar-refractivity contribution in [3.63, 3.8) is 0 Å². The molecule has 0 saturated carbocycles. The van der Waals surface area contributed by atoms with E-state index in [0.29, 0.717) is 26.1 Å². The standard InChI is InChI=1S/C57H106O5/c1-4-7-10-13-16-19-21-23-25-27-28-29-31-33-35-37-40-43-46-49-52-60-53-55(62-57(59)51-48-45-42-38-18-15-12-9-6-3)54-61-56(58)50-47-44-41-39-36-34-32-30-26-24-22-20-17-14-11-8-5-2/h8,11,17,20,24,26,55H,4-7,9-10,12-16,18-19,21-23,25,27-54H2,1-3H3/b11-8-,20-17-,26-24-. The van der Waals surface area contributed by atoms with E-state index in [9.17, 15) is 9.59 Å². The molecule has 0 bridgehead atoms. The number of carbonyl (C=O) groups is 2. The molecular formula is C57H106O5.